The number of ether oxygens (including phenoxy) is 2. The first-order valence-electron chi connectivity index (χ1n) is 8.24. The molecule has 0 unspecified atom stereocenters. The van der Waals surface area contributed by atoms with E-state index in [-0.39, 0.29) is 18.7 Å². The van der Waals surface area contributed by atoms with E-state index in [9.17, 15) is 14.4 Å². The van der Waals surface area contributed by atoms with Gasteiger partial charge in [-0.2, -0.15) is 0 Å². The van der Waals surface area contributed by atoms with Gasteiger partial charge in [0.1, 0.15) is 0 Å². The number of hydrogen-bond donors (Lipinski definition) is 3. The predicted octanol–water partition coefficient (Wildman–Crippen LogP) is 0.680. The lowest BCUT2D eigenvalue weighted by Crippen LogP contribution is -2.29. The number of carbonyl (C=O) groups is 1. The highest BCUT2D eigenvalue weighted by Gasteiger charge is 2.09. The maximum Gasteiger partial charge on any atom is 0.325 e. The van der Waals surface area contributed by atoms with Gasteiger partial charge in [0.2, 0.25) is 5.91 Å². The van der Waals surface area contributed by atoms with E-state index in [1.807, 2.05) is 18.2 Å². The van der Waals surface area contributed by atoms with Crippen LogP contribution in [0.4, 0.5) is 0 Å². The van der Waals surface area contributed by atoms with E-state index in [0.717, 1.165) is 5.56 Å². The fraction of sp³-hybridized carbons (Fsp3) is 0.389. The largest absolute Gasteiger partial charge is 0.493 e. The zero-order valence-corrected chi connectivity index (χ0v) is 15.1. The molecule has 3 N–H and O–H groups in total. The summed E-state index contributed by atoms with van der Waals surface area (Å²) in [5, 5.41) is 2.82. The van der Waals surface area contributed by atoms with Gasteiger partial charge in [0, 0.05) is 24.2 Å². The second kappa shape index (κ2) is 8.89. The van der Waals surface area contributed by atoms with Crippen LogP contribution in [0.2, 0.25) is 0 Å². The van der Waals surface area contributed by atoms with Crippen LogP contribution in [0.3, 0.4) is 0 Å². The summed E-state index contributed by atoms with van der Waals surface area (Å²) in [6, 6.07) is 5.60. The molecule has 26 heavy (non-hydrogen) atoms. The third-order valence-electron chi connectivity index (χ3n) is 4.04. The van der Waals surface area contributed by atoms with E-state index in [0.29, 0.717) is 35.7 Å². The van der Waals surface area contributed by atoms with Crippen LogP contribution in [0.5, 0.6) is 11.5 Å². The Balaban J connectivity index is 1.84. The molecule has 0 bridgehead atoms. The molecular weight excluding hydrogens is 338 g/mol. The first-order valence-corrected chi connectivity index (χ1v) is 8.24. The number of nitrogens with one attached hydrogen (secondary N) is 3. The van der Waals surface area contributed by atoms with Gasteiger partial charge in [0.25, 0.3) is 5.56 Å². The first kappa shape index (κ1) is 19.3. The van der Waals surface area contributed by atoms with Crippen molar-refractivity contribution >= 4 is 5.91 Å². The Morgan fingerprint density at radius 1 is 1.08 bits per heavy atom. The number of carbonyl (C=O) groups excluding carboxylic acids is 1. The van der Waals surface area contributed by atoms with Crippen molar-refractivity contribution in [2.45, 2.75) is 26.2 Å². The molecule has 8 nitrogen and oxygen atoms in total. The van der Waals surface area contributed by atoms with Gasteiger partial charge in [-0.1, -0.05) is 6.07 Å². The number of methoxy groups -OCH3 is 2. The van der Waals surface area contributed by atoms with Crippen LogP contribution in [0.15, 0.2) is 27.8 Å². The molecule has 2 aromatic rings. The predicted molar refractivity (Wildman–Crippen MR) is 97.0 cm³/mol. The van der Waals surface area contributed by atoms with Gasteiger partial charge in [-0.25, -0.2) is 4.79 Å². The average Bonchev–Trinajstić information content (AvgIpc) is 2.60. The van der Waals surface area contributed by atoms with Gasteiger partial charge in [0.15, 0.2) is 11.5 Å². The zero-order valence-electron chi connectivity index (χ0n) is 15.1. The Bertz CT molecular complexity index is 885. The number of aromatic amines is 2. The summed E-state index contributed by atoms with van der Waals surface area (Å²) in [7, 11) is 3.15. The Kier molecular flexibility index (Phi) is 6.60. The van der Waals surface area contributed by atoms with Crippen LogP contribution in [0.25, 0.3) is 0 Å². The van der Waals surface area contributed by atoms with Crippen molar-refractivity contribution in [3.63, 3.8) is 0 Å². The van der Waals surface area contributed by atoms with Crippen LogP contribution in [-0.4, -0.2) is 36.6 Å². The molecule has 1 aromatic heterocycles. The Hall–Kier alpha value is -3.03. The van der Waals surface area contributed by atoms with Crippen molar-refractivity contribution in [1.82, 2.24) is 15.3 Å². The van der Waals surface area contributed by atoms with E-state index in [4.69, 9.17) is 9.47 Å². The first-order chi connectivity index (χ1) is 12.4. The second-order valence-electron chi connectivity index (χ2n) is 5.80. The van der Waals surface area contributed by atoms with E-state index >= 15 is 0 Å². The average molecular weight is 361 g/mol. The van der Waals surface area contributed by atoms with E-state index in [2.05, 4.69) is 15.3 Å². The van der Waals surface area contributed by atoms with Crippen LogP contribution < -0.4 is 26.0 Å². The maximum atomic E-state index is 12.0. The monoisotopic (exact) mass is 361 g/mol. The van der Waals surface area contributed by atoms with Gasteiger partial charge >= 0.3 is 5.69 Å². The molecule has 140 valence electrons. The van der Waals surface area contributed by atoms with Crippen LogP contribution in [0, 0.1) is 6.92 Å². The number of benzene rings is 1. The number of aryl methyl sites for hydroxylation is 1. The minimum Gasteiger partial charge on any atom is -0.493 e. The number of aromatic nitrogens is 2. The molecule has 2 rings (SSSR count). The van der Waals surface area contributed by atoms with Crippen molar-refractivity contribution in [2.75, 3.05) is 20.8 Å². The Morgan fingerprint density at radius 2 is 1.81 bits per heavy atom. The van der Waals surface area contributed by atoms with Gasteiger partial charge in [-0.05, 0) is 37.5 Å². The molecule has 1 aromatic carbocycles. The Morgan fingerprint density at radius 3 is 2.46 bits per heavy atom. The summed E-state index contributed by atoms with van der Waals surface area (Å²) in [5.41, 5.74) is 0.910. The van der Waals surface area contributed by atoms with Crippen molar-refractivity contribution in [3.05, 3.63) is 55.9 Å². The fourth-order valence-electron chi connectivity index (χ4n) is 2.64. The Labute approximate surface area is 150 Å². The molecule has 0 aliphatic rings. The normalized spacial score (nSPS) is 10.4. The topological polar surface area (TPSA) is 113 Å². The summed E-state index contributed by atoms with van der Waals surface area (Å²) in [6.45, 7) is 2.11. The SMILES string of the molecule is COc1ccc(CCNC(=O)CCc2c(C)[nH]c(=O)[nH]c2=O)cc1OC. The molecule has 1 amide bonds. The van der Waals surface area contributed by atoms with Gasteiger partial charge < -0.3 is 19.8 Å². The van der Waals surface area contributed by atoms with Crippen molar-refractivity contribution in [2.24, 2.45) is 0 Å². The number of amides is 1. The van der Waals surface area contributed by atoms with Gasteiger partial charge in [-0.15, -0.1) is 0 Å². The lowest BCUT2D eigenvalue weighted by atomic mass is 10.1. The van der Waals surface area contributed by atoms with Crippen molar-refractivity contribution in [3.8, 4) is 11.5 Å². The quantitative estimate of drug-likeness (QED) is 0.640. The maximum absolute atomic E-state index is 12.0. The molecule has 0 aliphatic heterocycles. The standard InChI is InChI=1S/C18H23N3O5/c1-11-13(17(23)21-18(24)20-11)5-7-16(22)19-9-8-12-4-6-14(25-2)15(10-12)26-3/h4,6,10H,5,7-9H2,1-3H3,(H,19,22)(H2,20,21,23,24). The lowest BCUT2D eigenvalue weighted by Gasteiger charge is -2.10. The number of hydrogen-bond acceptors (Lipinski definition) is 5. The minimum atomic E-state index is -0.546. The van der Waals surface area contributed by atoms with E-state index in [1.165, 1.54) is 0 Å². The molecule has 0 atom stereocenters. The third kappa shape index (κ3) is 4.98. The summed E-state index contributed by atoms with van der Waals surface area (Å²) >= 11 is 0. The summed E-state index contributed by atoms with van der Waals surface area (Å²) in [4.78, 5) is 39.6. The molecule has 0 saturated carbocycles. The van der Waals surface area contributed by atoms with Crippen molar-refractivity contribution < 1.29 is 14.3 Å². The summed E-state index contributed by atoms with van der Waals surface area (Å²) < 4.78 is 10.4. The van der Waals surface area contributed by atoms with E-state index in [1.54, 1.807) is 21.1 Å². The second-order valence-corrected chi connectivity index (χ2v) is 5.80. The number of rotatable bonds is 8. The molecule has 8 heteroatoms. The molecule has 0 saturated heterocycles. The van der Waals surface area contributed by atoms with Gasteiger partial charge in [0.05, 0.1) is 14.2 Å². The zero-order chi connectivity index (χ0) is 19.1. The summed E-state index contributed by atoms with van der Waals surface area (Å²) in [5.74, 6) is 1.14. The van der Waals surface area contributed by atoms with Crippen LogP contribution in [0.1, 0.15) is 23.2 Å². The smallest absolute Gasteiger partial charge is 0.325 e. The molecule has 0 aliphatic carbocycles. The third-order valence-corrected chi connectivity index (χ3v) is 4.04. The highest BCUT2D eigenvalue weighted by Crippen LogP contribution is 2.27. The fourth-order valence-corrected chi connectivity index (χ4v) is 2.64. The minimum absolute atomic E-state index is 0.157. The molecule has 0 radical (unpaired) electrons. The molecular formula is C18H23N3O5. The van der Waals surface area contributed by atoms with Crippen LogP contribution in [-0.2, 0) is 17.6 Å². The number of H-pyrrole nitrogens is 2. The summed E-state index contributed by atoms with van der Waals surface area (Å²) in [6.07, 6.45) is 1.08. The molecule has 0 fully saturated rings. The van der Waals surface area contributed by atoms with Gasteiger partial charge in [-0.3, -0.25) is 14.6 Å². The highest BCUT2D eigenvalue weighted by molar-refractivity contribution is 5.76. The van der Waals surface area contributed by atoms with E-state index < -0.39 is 11.2 Å². The lowest BCUT2D eigenvalue weighted by molar-refractivity contribution is -0.121. The molecule has 0 spiro atoms. The van der Waals surface area contributed by atoms with Crippen LogP contribution >= 0.6 is 0 Å². The van der Waals surface area contributed by atoms with Crippen molar-refractivity contribution in [1.29, 1.82) is 0 Å². The molecule has 1 heterocycles. The highest BCUT2D eigenvalue weighted by atomic mass is 16.5.